The number of alkyl halides is 3. The molecule has 0 fully saturated rings. The topological polar surface area (TPSA) is 18.5 Å². The normalized spacial score (nSPS) is 13.1. The molecule has 6 heteroatoms. The fraction of sp³-hybridized carbons (Fsp3) is 0.833. The average Bonchev–Trinajstić information content (AvgIpc) is 2.12. The van der Waals surface area contributed by atoms with Gasteiger partial charge in [0.15, 0.2) is 8.32 Å². The van der Waals surface area contributed by atoms with Gasteiger partial charge in [0.25, 0.3) is 0 Å². The third-order valence-corrected chi connectivity index (χ3v) is 7.68. The van der Waals surface area contributed by atoms with E-state index in [1.807, 2.05) is 0 Å². The first kappa shape index (κ1) is 18.6. The van der Waals surface area contributed by atoms with E-state index in [0.29, 0.717) is 6.61 Å². The zero-order chi connectivity index (χ0) is 14.4. The smallest absolute Gasteiger partial charge is 0.213 e. The molecule has 0 bridgehead atoms. The predicted molar refractivity (Wildman–Crippen MR) is 82.0 cm³/mol. The van der Waals surface area contributed by atoms with E-state index in [0.717, 1.165) is 0 Å². The lowest BCUT2D eigenvalue weighted by Crippen LogP contribution is -2.40. The van der Waals surface area contributed by atoms with Gasteiger partial charge in [0.05, 0.1) is 13.2 Å². The van der Waals surface area contributed by atoms with Gasteiger partial charge in [0, 0.05) is 0 Å². The number of hydrogen-bond donors (Lipinski definition) is 0. The Morgan fingerprint density at radius 3 is 1.94 bits per heavy atom. The number of rotatable bonds is 4. The lowest BCUT2D eigenvalue weighted by atomic mass is 10.2. The molecule has 106 valence electrons. The Kier molecular flexibility index (Phi) is 7.61. The fourth-order valence-corrected chi connectivity index (χ4v) is 1.85. The zero-order valence-corrected chi connectivity index (χ0v) is 14.8. The molecule has 0 unspecified atom stereocenters. The predicted octanol–water partition coefficient (Wildman–Crippen LogP) is 4.40. The minimum atomic E-state index is -1.71. The standard InChI is InChI=1S/C12H21Cl3O2Si/c1-11(2,3)18(4,5)17-9-7-6-8-16-10-12(13,14)15/h8-10H2,1-5H3. The van der Waals surface area contributed by atoms with E-state index in [1.165, 1.54) is 0 Å². The Labute approximate surface area is 126 Å². The van der Waals surface area contributed by atoms with Gasteiger partial charge in [-0.05, 0) is 18.1 Å². The molecule has 0 radical (unpaired) electrons. The minimum Gasteiger partial charge on any atom is -0.406 e. The highest BCUT2D eigenvalue weighted by Crippen LogP contribution is 2.36. The third kappa shape index (κ3) is 8.63. The van der Waals surface area contributed by atoms with Gasteiger partial charge in [-0.3, -0.25) is 0 Å². The highest BCUT2D eigenvalue weighted by Gasteiger charge is 2.36. The summed E-state index contributed by atoms with van der Waals surface area (Å²) in [6.07, 6.45) is 0. The third-order valence-electron chi connectivity index (χ3n) is 2.88. The largest absolute Gasteiger partial charge is 0.406 e. The Morgan fingerprint density at radius 1 is 1.00 bits per heavy atom. The summed E-state index contributed by atoms with van der Waals surface area (Å²) >= 11 is 16.6. The van der Waals surface area contributed by atoms with Crippen LogP contribution in [0.1, 0.15) is 20.8 Å². The number of ether oxygens (including phenoxy) is 1. The highest BCUT2D eigenvalue weighted by atomic mass is 35.6. The van der Waals surface area contributed by atoms with Crippen LogP contribution in [0.2, 0.25) is 18.1 Å². The van der Waals surface area contributed by atoms with Gasteiger partial charge in [-0.25, -0.2) is 0 Å². The van der Waals surface area contributed by atoms with Gasteiger partial charge in [-0.15, -0.1) is 0 Å². The molecule has 0 saturated carbocycles. The molecular formula is C12H21Cl3O2Si. The minimum absolute atomic E-state index is 0.0371. The van der Waals surface area contributed by atoms with Gasteiger partial charge in [-0.2, -0.15) is 0 Å². The van der Waals surface area contributed by atoms with Crippen LogP contribution < -0.4 is 0 Å². The molecule has 0 aromatic heterocycles. The van der Waals surface area contributed by atoms with Crippen molar-refractivity contribution in [3.05, 3.63) is 0 Å². The van der Waals surface area contributed by atoms with Crippen LogP contribution in [-0.4, -0.2) is 31.9 Å². The first-order valence-corrected chi connectivity index (χ1v) is 9.74. The van der Waals surface area contributed by atoms with Crippen molar-refractivity contribution in [3.63, 3.8) is 0 Å². The lowest BCUT2D eigenvalue weighted by molar-refractivity contribution is 0.173. The lowest BCUT2D eigenvalue weighted by Gasteiger charge is -2.35. The Morgan fingerprint density at radius 2 is 1.50 bits per heavy atom. The molecule has 0 rings (SSSR count). The summed E-state index contributed by atoms with van der Waals surface area (Å²) in [5.74, 6) is 5.74. The summed E-state index contributed by atoms with van der Waals surface area (Å²) < 4.78 is 9.58. The first-order valence-electron chi connectivity index (χ1n) is 5.70. The summed E-state index contributed by atoms with van der Waals surface area (Å²) in [7, 11) is -1.71. The van der Waals surface area contributed by atoms with E-state index in [4.69, 9.17) is 44.0 Å². The zero-order valence-electron chi connectivity index (χ0n) is 11.6. The van der Waals surface area contributed by atoms with Gasteiger partial charge in [0.2, 0.25) is 3.79 Å². The van der Waals surface area contributed by atoms with Crippen LogP contribution in [-0.2, 0) is 9.16 Å². The van der Waals surface area contributed by atoms with E-state index in [2.05, 4.69) is 45.7 Å². The molecule has 0 amide bonds. The highest BCUT2D eigenvalue weighted by molar-refractivity contribution is 6.74. The summed E-state index contributed by atoms with van der Waals surface area (Å²) in [4.78, 5) is 0. The maximum atomic E-state index is 5.87. The van der Waals surface area contributed by atoms with Crippen LogP contribution in [0.5, 0.6) is 0 Å². The molecular weight excluding hydrogens is 311 g/mol. The van der Waals surface area contributed by atoms with Gasteiger partial charge in [-0.1, -0.05) is 67.4 Å². The summed E-state index contributed by atoms with van der Waals surface area (Å²) in [5, 5.41) is 0.195. The van der Waals surface area contributed by atoms with Crippen LogP contribution in [0, 0.1) is 11.8 Å². The van der Waals surface area contributed by atoms with Gasteiger partial charge >= 0.3 is 0 Å². The van der Waals surface area contributed by atoms with E-state index < -0.39 is 12.1 Å². The van der Waals surface area contributed by atoms with Crippen LogP contribution in [0.25, 0.3) is 0 Å². The van der Waals surface area contributed by atoms with Gasteiger partial charge in [0.1, 0.15) is 6.61 Å². The van der Waals surface area contributed by atoms with Crippen molar-refractivity contribution in [1.29, 1.82) is 0 Å². The van der Waals surface area contributed by atoms with Crippen molar-refractivity contribution in [2.45, 2.75) is 42.7 Å². The molecule has 0 spiro atoms. The second kappa shape index (κ2) is 7.38. The van der Waals surface area contributed by atoms with Crippen molar-refractivity contribution in [3.8, 4) is 11.8 Å². The molecule has 0 aliphatic carbocycles. The van der Waals surface area contributed by atoms with Crippen molar-refractivity contribution >= 4 is 43.1 Å². The molecule has 18 heavy (non-hydrogen) atoms. The van der Waals surface area contributed by atoms with Crippen molar-refractivity contribution < 1.29 is 9.16 Å². The molecule has 0 aliphatic heterocycles. The van der Waals surface area contributed by atoms with Crippen molar-refractivity contribution in [2.24, 2.45) is 0 Å². The molecule has 0 atom stereocenters. The Bertz CT molecular complexity index is 308. The van der Waals surface area contributed by atoms with E-state index in [9.17, 15) is 0 Å². The monoisotopic (exact) mass is 330 g/mol. The summed E-state index contributed by atoms with van der Waals surface area (Å²) in [6.45, 7) is 11.7. The molecule has 0 N–H and O–H groups in total. The van der Waals surface area contributed by atoms with Crippen LogP contribution in [0.3, 0.4) is 0 Å². The van der Waals surface area contributed by atoms with Crippen LogP contribution >= 0.6 is 34.8 Å². The van der Waals surface area contributed by atoms with Crippen LogP contribution in [0.15, 0.2) is 0 Å². The SMILES string of the molecule is CC(C)(C)[Si](C)(C)OCC#CCOCC(Cl)(Cl)Cl. The second-order valence-electron chi connectivity index (χ2n) is 5.51. The number of halogens is 3. The summed E-state index contributed by atoms with van der Waals surface area (Å²) in [5.41, 5.74) is 0. The van der Waals surface area contributed by atoms with Crippen LogP contribution in [0.4, 0.5) is 0 Å². The van der Waals surface area contributed by atoms with E-state index in [1.54, 1.807) is 0 Å². The molecule has 0 saturated heterocycles. The fourth-order valence-electron chi connectivity index (χ4n) is 0.753. The molecule has 0 heterocycles. The maximum absolute atomic E-state index is 5.87. The molecule has 2 nitrogen and oxygen atoms in total. The van der Waals surface area contributed by atoms with Crippen molar-refractivity contribution in [1.82, 2.24) is 0 Å². The average molecular weight is 332 g/mol. The molecule has 0 aromatic carbocycles. The number of hydrogen-bond acceptors (Lipinski definition) is 2. The van der Waals surface area contributed by atoms with E-state index in [-0.39, 0.29) is 18.3 Å². The summed E-state index contributed by atoms with van der Waals surface area (Å²) in [6, 6.07) is 0. The molecule has 0 aliphatic rings. The second-order valence-corrected chi connectivity index (χ2v) is 12.8. The van der Waals surface area contributed by atoms with Crippen molar-refractivity contribution in [2.75, 3.05) is 19.8 Å². The quantitative estimate of drug-likeness (QED) is 0.329. The van der Waals surface area contributed by atoms with Gasteiger partial charge < -0.3 is 9.16 Å². The Hall–Kier alpha value is 0.567. The first-order chi connectivity index (χ1) is 7.96. The Balaban J connectivity index is 3.87. The maximum Gasteiger partial charge on any atom is 0.213 e. The molecule has 0 aromatic rings. The van der Waals surface area contributed by atoms with E-state index >= 15 is 0 Å².